The number of morpholine rings is 1. The highest BCUT2D eigenvalue weighted by molar-refractivity contribution is 6.12. The summed E-state index contributed by atoms with van der Waals surface area (Å²) in [6.45, 7) is 7.01. The van der Waals surface area contributed by atoms with E-state index >= 15 is 4.39 Å². The third-order valence-corrected chi connectivity index (χ3v) is 10.6. The molecule has 2 fully saturated rings. The third kappa shape index (κ3) is 6.38. The standard InChI is InChI=1S/C40H41FN6O5/c1-26-36(40(50)47(30-8-10-34(48)11-9-30)32-20-42-46(23-32)33-24-52-25-33)19-38(43(26)2)37-18-29(41)7-12-35(37)39(49)45-21-28-6-4-3-5-27(28)17-31(45)22-44-13-15-51-16-14-44/h3-12,18-20,23,31,33,48H,13-17,21-22,24-25H2,1-2H3/t31-/m0/s1. The summed E-state index contributed by atoms with van der Waals surface area (Å²) in [7, 11) is 1.82. The molecule has 1 atom stereocenters. The molecule has 0 unspecified atom stereocenters. The Bertz CT molecular complexity index is 2120. The number of anilines is 2. The summed E-state index contributed by atoms with van der Waals surface area (Å²) in [5, 5.41) is 14.5. The molecule has 11 nitrogen and oxygen atoms in total. The molecule has 2 amide bonds. The first-order chi connectivity index (χ1) is 25.2. The number of benzene rings is 3. The summed E-state index contributed by atoms with van der Waals surface area (Å²) in [5.74, 6) is -0.931. The van der Waals surface area contributed by atoms with Gasteiger partial charge in [-0.1, -0.05) is 24.3 Å². The second kappa shape index (κ2) is 14.0. The van der Waals surface area contributed by atoms with Crippen LogP contribution in [0.15, 0.2) is 85.2 Å². The van der Waals surface area contributed by atoms with Crippen molar-refractivity contribution in [2.24, 2.45) is 7.05 Å². The number of hydrogen-bond donors (Lipinski definition) is 1. The molecule has 3 aliphatic heterocycles. The van der Waals surface area contributed by atoms with Crippen molar-refractivity contribution in [3.63, 3.8) is 0 Å². The van der Waals surface area contributed by atoms with E-state index in [1.807, 2.05) is 41.8 Å². The molecule has 5 aromatic rings. The van der Waals surface area contributed by atoms with E-state index in [9.17, 15) is 14.7 Å². The predicted molar refractivity (Wildman–Crippen MR) is 193 cm³/mol. The average molecular weight is 705 g/mol. The lowest BCUT2D eigenvalue weighted by Crippen LogP contribution is -2.52. The molecule has 0 bridgehead atoms. The number of fused-ring (bicyclic) bond motifs is 1. The van der Waals surface area contributed by atoms with E-state index in [0.29, 0.717) is 79.0 Å². The molecule has 52 heavy (non-hydrogen) atoms. The van der Waals surface area contributed by atoms with Gasteiger partial charge >= 0.3 is 0 Å². The number of phenolic OH excluding ortho intramolecular Hbond substituents is 1. The summed E-state index contributed by atoms with van der Waals surface area (Å²) in [4.78, 5) is 35.2. The number of phenols is 1. The molecular weight excluding hydrogens is 663 g/mol. The Kier molecular flexibility index (Phi) is 9.12. The molecule has 0 radical (unpaired) electrons. The summed E-state index contributed by atoms with van der Waals surface area (Å²) in [6.07, 6.45) is 4.16. The topological polar surface area (TPSA) is 105 Å². The smallest absolute Gasteiger partial charge is 0.264 e. The van der Waals surface area contributed by atoms with Crippen LogP contribution in [-0.4, -0.2) is 93.2 Å². The summed E-state index contributed by atoms with van der Waals surface area (Å²) < 4.78 is 29.7. The number of amides is 2. The predicted octanol–water partition coefficient (Wildman–Crippen LogP) is 5.49. The van der Waals surface area contributed by atoms with Crippen LogP contribution >= 0.6 is 0 Å². The maximum absolute atomic E-state index is 15.2. The quantitative estimate of drug-likeness (QED) is 0.228. The average Bonchev–Trinajstić information content (AvgIpc) is 3.72. The number of ether oxygens (including phenoxy) is 2. The molecule has 8 rings (SSSR count). The molecule has 3 aliphatic rings. The molecule has 2 saturated heterocycles. The summed E-state index contributed by atoms with van der Waals surface area (Å²) in [6, 6.07) is 20.6. The maximum atomic E-state index is 15.2. The highest BCUT2D eigenvalue weighted by atomic mass is 19.1. The number of rotatable bonds is 8. The van der Waals surface area contributed by atoms with Crippen molar-refractivity contribution in [2.75, 3.05) is 51.0 Å². The molecule has 3 aromatic carbocycles. The second-order valence-electron chi connectivity index (χ2n) is 13.8. The van der Waals surface area contributed by atoms with Crippen molar-refractivity contribution < 1.29 is 28.6 Å². The Balaban J connectivity index is 1.16. The van der Waals surface area contributed by atoms with Gasteiger partial charge in [0.15, 0.2) is 0 Å². The number of halogens is 1. The van der Waals surface area contributed by atoms with Gasteiger partial charge in [-0.15, -0.1) is 0 Å². The van der Waals surface area contributed by atoms with Crippen molar-refractivity contribution in [2.45, 2.75) is 32.0 Å². The zero-order valence-corrected chi connectivity index (χ0v) is 29.2. The Morgan fingerprint density at radius 1 is 0.942 bits per heavy atom. The lowest BCUT2D eigenvalue weighted by atomic mass is 9.92. The highest BCUT2D eigenvalue weighted by Crippen LogP contribution is 2.36. The van der Waals surface area contributed by atoms with Gasteiger partial charge in [-0.05, 0) is 73.0 Å². The van der Waals surface area contributed by atoms with Crippen LogP contribution in [0.5, 0.6) is 5.75 Å². The van der Waals surface area contributed by atoms with E-state index in [-0.39, 0.29) is 29.6 Å². The number of aromatic hydroxyl groups is 1. The Labute approximate surface area is 301 Å². The number of aromatic nitrogens is 3. The van der Waals surface area contributed by atoms with E-state index in [4.69, 9.17) is 9.47 Å². The van der Waals surface area contributed by atoms with Gasteiger partial charge in [0.05, 0.1) is 49.9 Å². The number of nitrogens with zero attached hydrogens (tertiary/aromatic N) is 6. The van der Waals surface area contributed by atoms with E-state index in [2.05, 4.69) is 22.1 Å². The van der Waals surface area contributed by atoms with Crippen LogP contribution in [0.1, 0.15) is 43.6 Å². The van der Waals surface area contributed by atoms with Gasteiger partial charge in [0.1, 0.15) is 11.6 Å². The molecule has 1 N–H and O–H groups in total. The van der Waals surface area contributed by atoms with Crippen molar-refractivity contribution in [3.05, 3.63) is 119 Å². The van der Waals surface area contributed by atoms with Crippen molar-refractivity contribution in [1.82, 2.24) is 24.1 Å². The largest absolute Gasteiger partial charge is 0.508 e. The lowest BCUT2D eigenvalue weighted by molar-refractivity contribution is -0.0286. The van der Waals surface area contributed by atoms with Crippen LogP contribution in [0.25, 0.3) is 11.3 Å². The van der Waals surface area contributed by atoms with E-state index in [1.54, 1.807) is 40.0 Å². The minimum atomic E-state index is -0.481. The monoisotopic (exact) mass is 704 g/mol. The van der Waals surface area contributed by atoms with Gasteiger partial charge in [0.25, 0.3) is 11.8 Å². The normalized spacial score (nSPS) is 17.8. The maximum Gasteiger partial charge on any atom is 0.264 e. The minimum Gasteiger partial charge on any atom is -0.508 e. The number of hydrogen-bond acceptors (Lipinski definition) is 7. The fourth-order valence-electron chi connectivity index (χ4n) is 7.44. The molecule has 0 saturated carbocycles. The zero-order chi connectivity index (χ0) is 35.9. The van der Waals surface area contributed by atoms with Crippen LogP contribution in [-0.2, 0) is 29.5 Å². The number of carbonyl (C=O) groups excluding carboxylic acids is 2. The Morgan fingerprint density at radius 2 is 1.69 bits per heavy atom. The van der Waals surface area contributed by atoms with Gasteiger partial charge < -0.3 is 24.0 Å². The van der Waals surface area contributed by atoms with Crippen LogP contribution in [0.3, 0.4) is 0 Å². The third-order valence-electron chi connectivity index (χ3n) is 10.6. The fourth-order valence-corrected chi connectivity index (χ4v) is 7.44. The van der Waals surface area contributed by atoms with Gasteiger partial charge in [0.2, 0.25) is 0 Å². The molecule has 12 heteroatoms. The first-order valence-corrected chi connectivity index (χ1v) is 17.6. The second-order valence-corrected chi connectivity index (χ2v) is 13.8. The van der Waals surface area contributed by atoms with Crippen molar-refractivity contribution in [1.29, 1.82) is 0 Å². The lowest BCUT2D eigenvalue weighted by Gasteiger charge is -2.40. The van der Waals surface area contributed by atoms with E-state index in [0.717, 1.165) is 25.1 Å². The molecule has 0 aliphatic carbocycles. The Morgan fingerprint density at radius 3 is 2.42 bits per heavy atom. The van der Waals surface area contributed by atoms with Crippen LogP contribution < -0.4 is 4.90 Å². The first-order valence-electron chi connectivity index (χ1n) is 17.6. The van der Waals surface area contributed by atoms with Gasteiger partial charge in [0, 0.05) is 73.7 Å². The molecule has 0 spiro atoms. The molecular formula is C40H41FN6O5. The first kappa shape index (κ1) is 33.8. The molecule has 5 heterocycles. The van der Waals surface area contributed by atoms with Gasteiger partial charge in [-0.2, -0.15) is 5.10 Å². The van der Waals surface area contributed by atoms with Crippen molar-refractivity contribution in [3.8, 4) is 17.0 Å². The van der Waals surface area contributed by atoms with E-state index < -0.39 is 5.82 Å². The zero-order valence-electron chi connectivity index (χ0n) is 29.2. The minimum absolute atomic E-state index is 0.0734. The number of carbonyl (C=O) groups is 2. The Hall–Kier alpha value is -5.30. The molecule has 268 valence electrons. The van der Waals surface area contributed by atoms with Crippen LogP contribution in [0, 0.1) is 12.7 Å². The highest BCUT2D eigenvalue weighted by Gasteiger charge is 2.34. The van der Waals surface area contributed by atoms with Crippen molar-refractivity contribution >= 4 is 23.2 Å². The van der Waals surface area contributed by atoms with E-state index in [1.165, 1.54) is 29.8 Å². The van der Waals surface area contributed by atoms with Crippen LogP contribution in [0.2, 0.25) is 0 Å². The SMILES string of the molecule is Cc1c(C(=O)N(c2ccc(O)cc2)c2cnn(C3COC3)c2)cc(-c2cc(F)ccc2C(=O)N2Cc3ccccc3C[C@H]2CN2CCOCC2)n1C. The van der Waals surface area contributed by atoms with Gasteiger partial charge in [-0.3, -0.25) is 24.1 Å². The summed E-state index contributed by atoms with van der Waals surface area (Å²) >= 11 is 0. The van der Waals surface area contributed by atoms with Crippen LogP contribution in [0.4, 0.5) is 15.8 Å². The summed E-state index contributed by atoms with van der Waals surface area (Å²) in [5.41, 5.74) is 5.76. The fraction of sp³-hybridized carbons (Fsp3) is 0.325. The van der Waals surface area contributed by atoms with Gasteiger partial charge in [-0.25, -0.2) is 4.39 Å². The molecule has 2 aromatic heterocycles.